The number of methoxy groups -OCH3 is 1. The molecule has 66 valence electrons. The van der Waals surface area contributed by atoms with Crippen LogP contribution < -0.4 is 15.2 Å². The lowest BCUT2D eigenvalue weighted by Gasteiger charge is -2.17. The van der Waals surface area contributed by atoms with Crippen LogP contribution in [-0.2, 0) is 0 Å². The summed E-state index contributed by atoms with van der Waals surface area (Å²) in [5.41, 5.74) is 4.09. The molecule has 0 heterocycles. The van der Waals surface area contributed by atoms with Gasteiger partial charge in [-0.15, -0.1) is 0 Å². The second-order valence-electron chi connectivity index (χ2n) is 2.48. The van der Waals surface area contributed by atoms with Crippen LogP contribution in [-0.4, -0.2) is 21.2 Å². The SMILES string of the molecule is CNN(C)c1cccc(OC)c1. The van der Waals surface area contributed by atoms with Crippen molar-refractivity contribution in [2.75, 3.05) is 26.2 Å². The Labute approximate surface area is 72.9 Å². The van der Waals surface area contributed by atoms with Gasteiger partial charge in [-0.1, -0.05) is 6.07 Å². The average molecular weight is 166 g/mol. The van der Waals surface area contributed by atoms with Crippen LogP contribution in [0.4, 0.5) is 5.69 Å². The molecule has 0 fully saturated rings. The first-order valence-electron chi connectivity index (χ1n) is 3.83. The van der Waals surface area contributed by atoms with Gasteiger partial charge in [0.2, 0.25) is 0 Å². The second-order valence-corrected chi connectivity index (χ2v) is 2.48. The fraction of sp³-hybridized carbons (Fsp3) is 0.333. The fourth-order valence-corrected chi connectivity index (χ4v) is 0.948. The molecule has 0 atom stereocenters. The zero-order chi connectivity index (χ0) is 8.97. The van der Waals surface area contributed by atoms with E-state index in [0.29, 0.717) is 0 Å². The second kappa shape index (κ2) is 3.97. The number of rotatable bonds is 3. The minimum atomic E-state index is 0.870. The molecule has 0 aliphatic heterocycles. The van der Waals surface area contributed by atoms with Gasteiger partial charge in [0.15, 0.2) is 0 Å². The summed E-state index contributed by atoms with van der Waals surface area (Å²) in [6, 6.07) is 7.87. The van der Waals surface area contributed by atoms with Crippen LogP contribution in [0.1, 0.15) is 0 Å². The van der Waals surface area contributed by atoms with E-state index in [-0.39, 0.29) is 0 Å². The normalized spacial score (nSPS) is 9.58. The highest BCUT2D eigenvalue weighted by Crippen LogP contribution is 2.18. The first kappa shape index (κ1) is 8.87. The molecule has 0 bridgehead atoms. The van der Waals surface area contributed by atoms with Gasteiger partial charge in [0.25, 0.3) is 0 Å². The van der Waals surface area contributed by atoms with Crippen molar-refractivity contribution in [3.8, 4) is 5.75 Å². The van der Waals surface area contributed by atoms with Crippen molar-refractivity contribution < 1.29 is 4.74 Å². The Morgan fingerprint density at radius 3 is 2.75 bits per heavy atom. The highest BCUT2D eigenvalue weighted by molar-refractivity contribution is 5.48. The Morgan fingerprint density at radius 2 is 2.17 bits per heavy atom. The summed E-state index contributed by atoms with van der Waals surface area (Å²) in [6.07, 6.45) is 0. The first-order chi connectivity index (χ1) is 5.77. The Bertz CT molecular complexity index is 250. The number of nitrogens with one attached hydrogen (secondary N) is 1. The number of anilines is 1. The monoisotopic (exact) mass is 166 g/mol. The van der Waals surface area contributed by atoms with Crippen LogP contribution >= 0.6 is 0 Å². The van der Waals surface area contributed by atoms with Gasteiger partial charge in [-0.25, -0.2) is 5.43 Å². The molecule has 1 aromatic carbocycles. The molecule has 0 amide bonds. The van der Waals surface area contributed by atoms with E-state index in [9.17, 15) is 0 Å². The highest BCUT2D eigenvalue weighted by atomic mass is 16.5. The van der Waals surface area contributed by atoms with Crippen LogP contribution in [0.2, 0.25) is 0 Å². The van der Waals surface area contributed by atoms with Crippen LogP contribution in [0.15, 0.2) is 24.3 Å². The summed E-state index contributed by atoms with van der Waals surface area (Å²) in [7, 11) is 5.49. The van der Waals surface area contributed by atoms with Crippen LogP contribution in [0, 0.1) is 0 Å². The van der Waals surface area contributed by atoms with Crippen molar-refractivity contribution in [3.63, 3.8) is 0 Å². The van der Waals surface area contributed by atoms with E-state index in [0.717, 1.165) is 11.4 Å². The number of nitrogens with zero attached hydrogens (tertiary/aromatic N) is 1. The van der Waals surface area contributed by atoms with Crippen molar-refractivity contribution in [2.24, 2.45) is 0 Å². The summed E-state index contributed by atoms with van der Waals surface area (Å²) in [5, 5.41) is 1.92. The Balaban J connectivity index is 2.86. The molecule has 0 aliphatic carbocycles. The van der Waals surface area contributed by atoms with Gasteiger partial charge in [0.1, 0.15) is 5.75 Å². The molecular weight excluding hydrogens is 152 g/mol. The predicted octanol–water partition coefficient (Wildman–Crippen LogP) is 1.27. The topological polar surface area (TPSA) is 24.5 Å². The summed E-state index contributed by atoms with van der Waals surface area (Å²) >= 11 is 0. The molecule has 0 radical (unpaired) electrons. The Morgan fingerprint density at radius 1 is 1.42 bits per heavy atom. The molecule has 1 N–H and O–H groups in total. The van der Waals surface area contributed by atoms with Gasteiger partial charge in [-0.3, -0.25) is 0 Å². The van der Waals surface area contributed by atoms with E-state index in [4.69, 9.17) is 4.74 Å². The van der Waals surface area contributed by atoms with E-state index >= 15 is 0 Å². The molecule has 0 aliphatic rings. The lowest BCUT2D eigenvalue weighted by molar-refractivity contribution is 0.414. The fourth-order valence-electron chi connectivity index (χ4n) is 0.948. The standard InChI is InChI=1S/C9H14N2O/c1-10-11(2)8-5-4-6-9(7-8)12-3/h4-7,10H,1-3H3. The number of hydrazine groups is 1. The minimum Gasteiger partial charge on any atom is -0.497 e. The summed E-state index contributed by atoms with van der Waals surface area (Å²) < 4.78 is 5.10. The smallest absolute Gasteiger partial charge is 0.120 e. The third-order valence-electron chi connectivity index (χ3n) is 1.78. The van der Waals surface area contributed by atoms with E-state index < -0.39 is 0 Å². The van der Waals surface area contributed by atoms with Crippen molar-refractivity contribution in [2.45, 2.75) is 0 Å². The maximum Gasteiger partial charge on any atom is 0.120 e. The Hall–Kier alpha value is -1.22. The summed E-state index contributed by atoms with van der Waals surface area (Å²) in [5.74, 6) is 0.870. The molecule has 3 nitrogen and oxygen atoms in total. The maximum atomic E-state index is 5.10. The van der Waals surface area contributed by atoms with Gasteiger partial charge in [0.05, 0.1) is 12.8 Å². The number of ether oxygens (including phenoxy) is 1. The van der Waals surface area contributed by atoms with E-state index in [1.54, 1.807) is 7.11 Å². The molecule has 0 spiro atoms. The van der Waals surface area contributed by atoms with Crippen LogP contribution in [0.3, 0.4) is 0 Å². The van der Waals surface area contributed by atoms with Crippen molar-refractivity contribution in [3.05, 3.63) is 24.3 Å². The van der Waals surface area contributed by atoms with Crippen molar-refractivity contribution >= 4 is 5.69 Å². The zero-order valence-corrected chi connectivity index (χ0v) is 7.66. The van der Waals surface area contributed by atoms with Gasteiger partial charge in [-0.2, -0.15) is 0 Å². The van der Waals surface area contributed by atoms with Crippen molar-refractivity contribution in [1.82, 2.24) is 5.43 Å². The third-order valence-corrected chi connectivity index (χ3v) is 1.78. The van der Waals surface area contributed by atoms with Gasteiger partial charge >= 0.3 is 0 Å². The molecular formula is C9H14N2O. The van der Waals surface area contributed by atoms with Gasteiger partial charge in [0, 0.05) is 20.2 Å². The van der Waals surface area contributed by atoms with Gasteiger partial charge in [-0.05, 0) is 12.1 Å². The summed E-state index contributed by atoms with van der Waals surface area (Å²) in [6.45, 7) is 0. The third kappa shape index (κ3) is 1.89. The quantitative estimate of drug-likeness (QED) is 0.684. The van der Waals surface area contributed by atoms with Gasteiger partial charge < -0.3 is 9.75 Å². The predicted molar refractivity (Wildman–Crippen MR) is 50.5 cm³/mol. The van der Waals surface area contributed by atoms with Crippen LogP contribution in [0.5, 0.6) is 5.75 Å². The average Bonchev–Trinajstić information content (AvgIpc) is 2.17. The molecule has 0 saturated heterocycles. The van der Waals surface area contributed by atoms with Crippen LogP contribution in [0.25, 0.3) is 0 Å². The molecule has 12 heavy (non-hydrogen) atoms. The first-order valence-corrected chi connectivity index (χ1v) is 3.83. The van der Waals surface area contributed by atoms with Crippen molar-refractivity contribution in [1.29, 1.82) is 0 Å². The lowest BCUT2D eigenvalue weighted by atomic mass is 10.3. The van der Waals surface area contributed by atoms with E-state index in [1.807, 2.05) is 43.4 Å². The highest BCUT2D eigenvalue weighted by Gasteiger charge is 1.98. The lowest BCUT2D eigenvalue weighted by Crippen LogP contribution is -2.30. The molecule has 3 heteroatoms. The molecule has 0 unspecified atom stereocenters. The number of hydrogen-bond acceptors (Lipinski definition) is 3. The van der Waals surface area contributed by atoms with E-state index in [2.05, 4.69) is 5.43 Å². The molecule has 1 aromatic rings. The molecule has 1 rings (SSSR count). The summed E-state index contributed by atoms with van der Waals surface area (Å²) in [4.78, 5) is 0. The Kier molecular flexibility index (Phi) is 2.94. The zero-order valence-electron chi connectivity index (χ0n) is 7.66. The maximum absolute atomic E-state index is 5.10. The number of benzene rings is 1. The minimum absolute atomic E-state index is 0.870. The largest absolute Gasteiger partial charge is 0.497 e. The molecule has 0 aromatic heterocycles. The molecule has 0 saturated carbocycles. The van der Waals surface area contributed by atoms with E-state index in [1.165, 1.54) is 0 Å². The number of hydrogen-bond donors (Lipinski definition) is 1.